The van der Waals surface area contributed by atoms with Gasteiger partial charge in [-0.25, -0.2) is 22.2 Å². The average molecular weight is 480 g/mol. The van der Waals surface area contributed by atoms with E-state index < -0.39 is 10.0 Å². The molecule has 1 aromatic heterocycles. The Morgan fingerprint density at radius 1 is 0.971 bits per heavy atom. The SMILES string of the molecule is CCCC(CNS(=O)(=O)CC)C(c1ccccc1)c1ccc2c(cnn2-c2ccc(F)cc2)c1. The molecule has 4 aromatic rings. The summed E-state index contributed by atoms with van der Waals surface area (Å²) < 4.78 is 42.4. The Bertz CT molecular complexity index is 1340. The van der Waals surface area contributed by atoms with Crippen molar-refractivity contribution in [3.8, 4) is 5.69 Å². The third-order valence-electron chi connectivity index (χ3n) is 6.26. The Labute approximate surface area is 200 Å². The van der Waals surface area contributed by atoms with Crippen LogP contribution in [-0.4, -0.2) is 30.5 Å². The van der Waals surface area contributed by atoms with Crippen molar-refractivity contribution in [1.82, 2.24) is 14.5 Å². The monoisotopic (exact) mass is 479 g/mol. The molecule has 0 amide bonds. The number of nitrogens with zero attached hydrogens (tertiary/aromatic N) is 2. The fourth-order valence-corrected chi connectivity index (χ4v) is 5.20. The van der Waals surface area contributed by atoms with Gasteiger partial charge in [0, 0.05) is 17.8 Å². The first kappa shape index (κ1) is 24.1. The minimum absolute atomic E-state index is 0.0271. The van der Waals surface area contributed by atoms with E-state index in [2.05, 4.69) is 41.0 Å². The van der Waals surface area contributed by atoms with Crippen LogP contribution in [0.3, 0.4) is 0 Å². The van der Waals surface area contributed by atoms with Crippen molar-refractivity contribution in [3.05, 3.63) is 95.9 Å². The lowest BCUT2D eigenvalue weighted by atomic mass is 9.78. The highest BCUT2D eigenvalue weighted by molar-refractivity contribution is 7.89. The molecule has 1 N–H and O–H groups in total. The van der Waals surface area contributed by atoms with Crippen molar-refractivity contribution in [1.29, 1.82) is 0 Å². The van der Waals surface area contributed by atoms with Gasteiger partial charge in [0.15, 0.2) is 0 Å². The molecule has 0 aliphatic rings. The van der Waals surface area contributed by atoms with Gasteiger partial charge in [0.25, 0.3) is 0 Å². The predicted octanol–water partition coefficient (Wildman–Crippen LogP) is 5.65. The molecule has 1 heterocycles. The number of benzene rings is 3. The lowest BCUT2D eigenvalue weighted by molar-refractivity contribution is 0.423. The van der Waals surface area contributed by atoms with Crippen LogP contribution in [0.5, 0.6) is 0 Å². The fourth-order valence-electron chi connectivity index (χ4n) is 4.52. The molecule has 2 unspecified atom stereocenters. The molecule has 4 rings (SSSR count). The molecular formula is C27H30FN3O2S. The molecule has 0 saturated carbocycles. The first-order chi connectivity index (χ1) is 16.4. The topological polar surface area (TPSA) is 64.0 Å². The summed E-state index contributed by atoms with van der Waals surface area (Å²) in [5, 5.41) is 5.51. The quantitative estimate of drug-likeness (QED) is 0.320. The second kappa shape index (κ2) is 10.5. The third-order valence-corrected chi connectivity index (χ3v) is 7.62. The molecule has 0 bridgehead atoms. The second-order valence-electron chi connectivity index (χ2n) is 8.54. The summed E-state index contributed by atoms with van der Waals surface area (Å²) in [6.45, 7) is 4.16. The average Bonchev–Trinajstić information content (AvgIpc) is 3.27. The largest absolute Gasteiger partial charge is 0.233 e. The van der Waals surface area contributed by atoms with Gasteiger partial charge in [0.05, 0.1) is 23.2 Å². The Hall–Kier alpha value is -3.03. The molecule has 178 valence electrons. The molecular weight excluding hydrogens is 449 g/mol. The zero-order valence-electron chi connectivity index (χ0n) is 19.5. The summed E-state index contributed by atoms with van der Waals surface area (Å²) in [7, 11) is -3.29. The van der Waals surface area contributed by atoms with E-state index in [1.165, 1.54) is 12.1 Å². The van der Waals surface area contributed by atoms with Crippen LogP contribution >= 0.6 is 0 Å². The summed E-state index contributed by atoms with van der Waals surface area (Å²) in [5.74, 6) is -0.0948. The van der Waals surface area contributed by atoms with Crippen molar-refractivity contribution >= 4 is 20.9 Å². The summed E-state index contributed by atoms with van der Waals surface area (Å²) in [6, 6.07) is 22.8. The molecule has 2 atom stereocenters. The number of hydrogen-bond acceptors (Lipinski definition) is 3. The highest BCUT2D eigenvalue weighted by atomic mass is 32.2. The number of halogens is 1. The predicted molar refractivity (Wildman–Crippen MR) is 135 cm³/mol. The van der Waals surface area contributed by atoms with E-state index in [0.29, 0.717) is 6.54 Å². The molecule has 0 radical (unpaired) electrons. The summed E-state index contributed by atoms with van der Waals surface area (Å²) >= 11 is 0. The maximum atomic E-state index is 13.4. The normalized spacial score (nSPS) is 13.7. The van der Waals surface area contributed by atoms with Gasteiger partial charge in [-0.15, -0.1) is 0 Å². The minimum atomic E-state index is -3.29. The zero-order chi connectivity index (χ0) is 24.1. The summed E-state index contributed by atoms with van der Waals surface area (Å²) in [5.41, 5.74) is 4.00. The number of hydrogen-bond donors (Lipinski definition) is 1. The summed E-state index contributed by atoms with van der Waals surface area (Å²) in [4.78, 5) is 0. The van der Waals surface area contributed by atoms with Crippen LogP contribution in [0.2, 0.25) is 0 Å². The molecule has 0 aliphatic carbocycles. The maximum absolute atomic E-state index is 13.4. The molecule has 0 aliphatic heterocycles. The molecule has 5 nitrogen and oxygen atoms in total. The Morgan fingerprint density at radius 2 is 1.71 bits per heavy atom. The first-order valence-corrected chi connectivity index (χ1v) is 13.3. The van der Waals surface area contributed by atoms with E-state index in [-0.39, 0.29) is 23.4 Å². The van der Waals surface area contributed by atoms with Crippen molar-refractivity contribution < 1.29 is 12.8 Å². The van der Waals surface area contributed by atoms with Crippen LogP contribution in [0.1, 0.15) is 43.7 Å². The van der Waals surface area contributed by atoms with Gasteiger partial charge in [-0.1, -0.05) is 49.7 Å². The van der Waals surface area contributed by atoms with Crippen LogP contribution in [0, 0.1) is 11.7 Å². The molecule has 0 saturated heterocycles. The second-order valence-corrected chi connectivity index (χ2v) is 10.6. The van der Waals surface area contributed by atoms with E-state index >= 15 is 0 Å². The first-order valence-electron chi connectivity index (χ1n) is 11.7. The number of nitrogens with one attached hydrogen (secondary N) is 1. The zero-order valence-corrected chi connectivity index (χ0v) is 20.3. The van der Waals surface area contributed by atoms with Gasteiger partial charge in [0.2, 0.25) is 10.0 Å². The maximum Gasteiger partial charge on any atom is 0.211 e. The Morgan fingerprint density at radius 3 is 2.38 bits per heavy atom. The van der Waals surface area contributed by atoms with Gasteiger partial charge >= 0.3 is 0 Å². The van der Waals surface area contributed by atoms with Crippen molar-refractivity contribution in [2.45, 2.75) is 32.6 Å². The molecule has 0 fully saturated rings. The highest BCUT2D eigenvalue weighted by Crippen LogP contribution is 2.36. The van der Waals surface area contributed by atoms with Crippen LogP contribution < -0.4 is 4.72 Å². The van der Waals surface area contributed by atoms with Crippen molar-refractivity contribution in [2.24, 2.45) is 5.92 Å². The van der Waals surface area contributed by atoms with Crippen LogP contribution in [0.25, 0.3) is 16.6 Å². The number of fused-ring (bicyclic) bond motifs is 1. The Kier molecular flexibility index (Phi) is 7.44. The molecule has 0 spiro atoms. The van der Waals surface area contributed by atoms with Crippen molar-refractivity contribution in [2.75, 3.05) is 12.3 Å². The number of aromatic nitrogens is 2. The van der Waals surface area contributed by atoms with Gasteiger partial charge in [0.1, 0.15) is 5.82 Å². The smallest absolute Gasteiger partial charge is 0.211 e. The van der Waals surface area contributed by atoms with Crippen LogP contribution in [0.15, 0.2) is 79.0 Å². The number of rotatable bonds is 10. The highest BCUT2D eigenvalue weighted by Gasteiger charge is 2.26. The van der Waals surface area contributed by atoms with E-state index in [1.54, 1.807) is 23.7 Å². The minimum Gasteiger partial charge on any atom is -0.233 e. The molecule has 34 heavy (non-hydrogen) atoms. The third kappa shape index (κ3) is 5.37. The van der Waals surface area contributed by atoms with Gasteiger partial charge in [-0.3, -0.25) is 0 Å². The van der Waals surface area contributed by atoms with E-state index in [0.717, 1.165) is 40.6 Å². The van der Waals surface area contributed by atoms with Gasteiger partial charge < -0.3 is 0 Å². The summed E-state index contributed by atoms with van der Waals surface area (Å²) in [6.07, 6.45) is 3.66. The van der Waals surface area contributed by atoms with Gasteiger partial charge in [-0.2, -0.15) is 5.10 Å². The van der Waals surface area contributed by atoms with Crippen LogP contribution in [0.4, 0.5) is 4.39 Å². The molecule has 3 aromatic carbocycles. The Balaban J connectivity index is 1.75. The number of sulfonamides is 1. The lowest BCUT2D eigenvalue weighted by Crippen LogP contribution is -2.33. The standard InChI is InChI=1S/C27H30FN3O2S/c1-3-8-22(19-30-34(32,33)4-2)27(20-9-6-5-7-10-20)21-11-16-26-23(17-21)18-29-31(26)25-14-12-24(28)13-15-25/h5-7,9-18,22,27,30H,3-4,8,19H2,1-2H3. The van der Waals surface area contributed by atoms with E-state index in [1.807, 2.05) is 30.5 Å². The van der Waals surface area contributed by atoms with Crippen molar-refractivity contribution in [3.63, 3.8) is 0 Å². The van der Waals surface area contributed by atoms with E-state index in [9.17, 15) is 12.8 Å². The van der Waals surface area contributed by atoms with Gasteiger partial charge in [-0.05, 0) is 66.8 Å². The lowest BCUT2D eigenvalue weighted by Gasteiger charge is -2.28. The molecule has 7 heteroatoms. The van der Waals surface area contributed by atoms with Crippen LogP contribution in [-0.2, 0) is 10.0 Å². The van der Waals surface area contributed by atoms with E-state index in [4.69, 9.17) is 0 Å². The fraction of sp³-hybridized carbons (Fsp3) is 0.296.